The Balaban J connectivity index is 2.40. The van der Waals surface area contributed by atoms with E-state index in [1.165, 1.54) is 11.3 Å². The first-order valence-electron chi connectivity index (χ1n) is 5.13. The van der Waals surface area contributed by atoms with Crippen molar-refractivity contribution < 1.29 is 9.90 Å². The van der Waals surface area contributed by atoms with Crippen LogP contribution in [0, 0.1) is 0 Å². The van der Waals surface area contributed by atoms with Crippen LogP contribution in [0.3, 0.4) is 0 Å². The maximum atomic E-state index is 11.1. The van der Waals surface area contributed by atoms with Crippen LogP contribution >= 0.6 is 11.3 Å². The summed E-state index contributed by atoms with van der Waals surface area (Å²) < 4.78 is 1.13. The summed E-state index contributed by atoms with van der Waals surface area (Å²) in [7, 11) is 0. The van der Waals surface area contributed by atoms with E-state index >= 15 is 0 Å². The van der Waals surface area contributed by atoms with Gasteiger partial charge in [-0.3, -0.25) is 4.79 Å². The number of rotatable bonds is 4. The lowest BCUT2D eigenvalue weighted by Gasteiger charge is -2.07. The zero-order valence-corrected chi connectivity index (χ0v) is 9.54. The SMILES string of the molecule is NCCC(C(=O)O)c1cc2ccccc2s1. The van der Waals surface area contributed by atoms with E-state index in [4.69, 9.17) is 10.8 Å². The molecule has 3 N–H and O–H groups in total. The molecular weight excluding hydrogens is 222 g/mol. The molecule has 1 aromatic carbocycles. The van der Waals surface area contributed by atoms with Gasteiger partial charge in [-0.25, -0.2) is 0 Å². The van der Waals surface area contributed by atoms with Gasteiger partial charge in [-0.1, -0.05) is 18.2 Å². The molecular formula is C12H13NO2S. The van der Waals surface area contributed by atoms with Crippen molar-refractivity contribution in [1.82, 2.24) is 0 Å². The number of nitrogens with two attached hydrogens (primary N) is 1. The van der Waals surface area contributed by atoms with Gasteiger partial charge in [0.1, 0.15) is 0 Å². The van der Waals surface area contributed by atoms with Crippen LogP contribution in [0.25, 0.3) is 10.1 Å². The number of hydrogen-bond donors (Lipinski definition) is 2. The highest BCUT2D eigenvalue weighted by Gasteiger charge is 2.20. The second-order valence-corrected chi connectivity index (χ2v) is 4.77. The summed E-state index contributed by atoms with van der Waals surface area (Å²) in [6.07, 6.45) is 0.488. The fraction of sp³-hybridized carbons (Fsp3) is 0.250. The summed E-state index contributed by atoms with van der Waals surface area (Å²) in [6.45, 7) is 0.394. The summed E-state index contributed by atoms with van der Waals surface area (Å²) in [4.78, 5) is 12.0. The first kappa shape index (κ1) is 11.1. The second-order valence-electron chi connectivity index (χ2n) is 3.65. The largest absolute Gasteiger partial charge is 0.481 e. The molecule has 4 heteroatoms. The third-order valence-corrected chi connectivity index (χ3v) is 3.77. The summed E-state index contributed by atoms with van der Waals surface area (Å²) in [5.74, 6) is -1.26. The van der Waals surface area contributed by atoms with Crippen LogP contribution in [0.4, 0.5) is 0 Å². The molecule has 0 saturated carbocycles. The van der Waals surface area contributed by atoms with Crippen molar-refractivity contribution >= 4 is 27.4 Å². The molecule has 84 valence electrons. The Morgan fingerprint density at radius 1 is 1.44 bits per heavy atom. The zero-order chi connectivity index (χ0) is 11.5. The minimum absolute atomic E-state index is 0.394. The molecule has 0 fully saturated rings. The van der Waals surface area contributed by atoms with Crippen molar-refractivity contribution in [1.29, 1.82) is 0 Å². The number of fused-ring (bicyclic) bond motifs is 1. The lowest BCUT2D eigenvalue weighted by molar-refractivity contribution is -0.138. The summed E-state index contributed by atoms with van der Waals surface area (Å²) in [5, 5.41) is 10.2. The molecule has 1 unspecified atom stereocenters. The molecule has 0 spiro atoms. The lowest BCUT2D eigenvalue weighted by Crippen LogP contribution is -2.14. The molecule has 1 heterocycles. The predicted molar refractivity (Wildman–Crippen MR) is 65.9 cm³/mol. The Hall–Kier alpha value is -1.39. The Bertz CT molecular complexity index is 473. The van der Waals surface area contributed by atoms with Gasteiger partial charge in [-0.15, -0.1) is 11.3 Å². The molecule has 0 radical (unpaired) electrons. The predicted octanol–water partition coefficient (Wildman–Crippen LogP) is 2.42. The van der Waals surface area contributed by atoms with Crippen LogP contribution in [0.5, 0.6) is 0 Å². The van der Waals surface area contributed by atoms with Gasteiger partial charge in [0.15, 0.2) is 0 Å². The first-order valence-corrected chi connectivity index (χ1v) is 5.95. The van der Waals surface area contributed by atoms with Crippen molar-refractivity contribution in [2.24, 2.45) is 5.73 Å². The summed E-state index contributed by atoms with van der Waals surface area (Å²) in [5.41, 5.74) is 5.44. The number of carbonyl (C=O) groups is 1. The molecule has 2 rings (SSSR count). The van der Waals surface area contributed by atoms with Crippen LogP contribution in [0.15, 0.2) is 30.3 Å². The minimum atomic E-state index is -0.794. The van der Waals surface area contributed by atoms with Crippen LogP contribution in [0.2, 0.25) is 0 Å². The molecule has 16 heavy (non-hydrogen) atoms. The molecule has 0 aliphatic carbocycles. The van der Waals surface area contributed by atoms with E-state index < -0.39 is 11.9 Å². The molecule has 0 amide bonds. The van der Waals surface area contributed by atoms with Crippen LogP contribution in [0.1, 0.15) is 17.2 Å². The van der Waals surface area contributed by atoms with Crippen molar-refractivity contribution in [2.75, 3.05) is 6.54 Å². The van der Waals surface area contributed by atoms with Gasteiger partial charge in [0, 0.05) is 9.58 Å². The van der Waals surface area contributed by atoms with E-state index in [2.05, 4.69) is 0 Å². The van der Waals surface area contributed by atoms with Crippen LogP contribution in [-0.2, 0) is 4.79 Å². The van der Waals surface area contributed by atoms with Gasteiger partial charge in [0.25, 0.3) is 0 Å². The maximum absolute atomic E-state index is 11.1. The molecule has 0 saturated heterocycles. The fourth-order valence-corrected chi connectivity index (χ4v) is 2.92. The molecule has 1 aromatic heterocycles. The number of carboxylic acid groups (broad SMARTS) is 1. The molecule has 2 aromatic rings. The number of hydrogen-bond acceptors (Lipinski definition) is 3. The average Bonchev–Trinajstić information content (AvgIpc) is 2.68. The van der Waals surface area contributed by atoms with Crippen molar-refractivity contribution in [2.45, 2.75) is 12.3 Å². The number of thiophene rings is 1. The van der Waals surface area contributed by atoms with E-state index in [0.717, 1.165) is 15.0 Å². The van der Waals surface area contributed by atoms with E-state index in [-0.39, 0.29) is 0 Å². The van der Waals surface area contributed by atoms with Crippen molar-refractivity contribution in [3.8, 4) is 0 Å². The van der Waals surface area contributed by atoms with E-state index in [1.807, 2.05) is 30.3 Å². The third-order valence-electron chi connectivity index (χ3n) is 2.54. The average molecular weight is 235 g/mol. The number of benzene rings is 1. The lowest BCUT2D eigenvalue weighted by atomic mass is 10.0. The van der Waals surface area contributed by atoms with Crippen LogP contribution in [-0.4, -0.2) is 17.6 Å². The fourth-order valence-electron chi connectivity index (χ4n) is 1.73. The van der Waals surface area contributed by atoms with E-state index in [0.29, 0.717) is 13.0 Å². The molecule has 0 aliphatic rings. The van der Waals surface area contributed by atoms with Gasteiger partial charge in [-0.2, -0.15) is 0 Å². The normalized spacial score (nSPS) is 12.8. The quantitative estimate of drug-likeness (QED) is 0.855. The van der Waals surface area contributed by atoms with Gasteiger partial charge >= 0.3 is 5.97 Å². The topological polar surface area (TPSA) is 63.3 Å². The second kappa shape index (κ2) is 4.63. The highest BCUT2D eigenvalue weighted by Crippen LogP contribution is 2.32. The third kappa shape index (κ3) is 2.08. The van der Waals surface area contributed by atoms with E-state index in [1.54, 1.807) is 0 Å². The molecule has 1 atom stereocenters. The molecule has 3 nitrogen and oxygen atoms in total. The molecule has 0 bridgehead atoms. The highest BCUT2D eigenvalue weighted by molar-refractivity contribution is 7.19. The Morgan fingerprint density at radius 2 is 2.19 bits per heavy atom. The first-order chi connectivity index (χ1) is 7.72. The maximum Gasteiger partial charge on any atom is 0.311 e. The number of carboxylic acids is 1. The zero-order valence-electron chi connectivity index (χ0n) is 8.72. The van der Waals surface area contributed by atoms with Crippen molar-refractivity contribution in [3.05, 3.63) is 35.2 Å². The summed E-state index contributed by atoms with van der Waals surface area (Å²) in [6, 6.07) is 9.87. The standard InChI is InChI=1S/C12H13NO2S/c13-6-5-9(12(14)15)11-7-8-3-1-2-4-10(8)16-11/h1-4,7,9H,5-6,13H2,(H,14,15). The van der Waals surface area contributed by atoms with Gasteiger partial charge < -0.3 is 10.8 Å². The minimum Gasteiger partial charge on any atom is -0.481 e. The monoisotopic (exact) mass is 235 g/mol. The van der Waals surface area contributed by atoms with Gasteiger partial charge in [0.2, 0.25) is 0 Å². The van der Waals surface area contributed by atoms with Gasteiger partial charge in [-0.05, 0) is 30.5 Å². The Labute approximate surface area is 97.5 Å². The smallest absolute Gasteiger partial charge is 0.311 e. The molecule has 0 aliphatic heterocycles. The van der Waals surface area contributed by atoms with E-state index in [9.17, 15) is 4.79 Å². The Kier molecular flexibility index (Phi) is 3.22. The van der Waals surface area contributed by atoms with Crippen molar-refractivity contribution in [3.63, 3.8) is 0 Å². The highest BCUT2D eigenvalue weighted by atomic mass is 32.1. The van der Waals surface area contributed by atoms with Crippen LogP contribution < -0.4 is 5.73 Å². The number of aliphatic carboxylic acids is 1. The Morgan fingerprint density at radius 3 is 2.81 bits per heavy atom. The summed E-state index contributed by atoms with van der Waals surface area (Å²) >= 11 is 1.54. The van der Waals surface area contributed by atoms with Gasteiger partial charge in [0.05, 0.1) is 5.92 Å².